The largest absolute Gasteiger partial charge is 0.456 e. The maximum absolute atomic E-state index is 13.0. The van der Waals surface area contributed by atoms with Crippen LogP contribution in [-0.4, -0.2) is 5.78 Å². The molecule has 5 heteroatoms. The first-order chi connectivity index (χ1) is 8.97. The number of Topliss-reactive ketones (excluding diaryl/α,β-unsaturated/α-hetero) is 1. The molecule has 0 aromatic heterocycles. The van der Waals surface area contributed by atoms with Crippen molar-refractivity contribution in [3.63, 3.8) is 0 Å². The fraction of sp³-hybridized carbons (Fsp3) is 0.0714. The van der Waals surface area contributed by atoms with Gasteiger partial charge in [0.2, 0.25) is 0 Å². The van der Waals surface area contributed by atoms with Gasteiger partial charge in [-0.25, -0.2) is 4.39 Å². The summed E-state index contributed by atoms with van der Waals surface area (Å²) in [6.07, 6.45) is 0. The minimum Gasteiger partial charge on any atom is -0.456 e. The van der Waals surface area contributed by atoms with Crippen molar-refractivity contribution in [1.82, 2.24) is 0 Å². The second-order valence-corrected chi connectivity index (χ2v) is 5.58. The van der Waals surface area contributed by atoms with Gasteiger partial charge in [-0.15, -0.1) is 0 Å². The van der Waals surface area contributed by atoms with Crippen LogP contribution in [0.5, 0.6) is 11.5 Å². The Hall–Kier alpha value is -1.20. The van der Waals surface area contributed by atoms with Gasteiger partial charge < -0.3 is 4.74 Å². The van der Waals surface area contributed by atoms with Gasteiger partial charge in [0.05, 0.1) is 4.47 Å². The van der Waals surface area contributed by atoms with E-state index in [2.05, 4.69) is 31.9 Å². The number of hydrogen-bond acceptors (Lipinski definition) is 2. The zero-order valence-electron chi connectivity index (χ0n) is 9.91. The molecular formula is C14H9Br2FO2. The van der Waals surface area contributed by atoms with Gasteiger partial charge in [-0.2, -0.15) is 0 Å². The SMILES string of the molecule is CC(=O)c1ccc(Oc2ccc(F)cc2Br)cc1Br. The van der Waals surface area contributed by atoms with Crippen LogP contribution in [0.15, 0.2) is 45.3 Å². The van der Waals surface area contributed by atoms with Crippen LogP contribution in [0.2, 0.25) is 0 Å². The van der Waals surface area contributed by atoms with E-state index in [1.165, 1.54) is 25.1 Å². The summed E-state index contributed by atoms with van der Waals surface area (Å²) in [5.41, 5.74) is 0.588. The standard InChI is InChI=1S/C14H9Br2FO2/c1-8(18)11-4-3-10(7-12(11)15)19-14-5-2-9(17)6-13(14)16/h2-7H,1H3. The molecule has 2 aromatic carbocycles. The second kappa shape index (κ2) is 5.84. The van der Waals surface area contributed by atoms with E-state index in [0.717, 1.165) is 0 Å². The molecule has 19 heavy (non-hydrogen) atoms. The van der Waals surface area contributed by atoms with Crippen LogP contribution in [0.3, 0.4) is 0 Å². The summed E-state index contributed by atoms with van der Waals surface area (Å²) in [6, 6.07) is 9.25. The average Bonchev–Trinajstić information content (AvgIpc) is 2.32. The van der Waals surface area contributed by atoms with Crippen LogP contribution < -0.4 is 4.74 Å². The van der Waals surface area contributed by atoms with Gasteiger partial charge in [0.15, 0.2) is 5.78 Å². The van der Waals surface area contributed by atoms with E-state index in [1.807, 2.05) is 0 Å². The van der Waals surface area contributed by atoms with Gasteiger partial charge in [-0.05, 0) is 75.2 Å². The Morgan fingerprint density at radius 1 is 1.11 bits per heavy atom. The summed E-state index contributed by atoms with van der Waals surface area (Å²) in [6.45, 7) is 1.50. The Kier molecular flexibility index (Phi) is 4.37. The third-order valence-corrected chi connectivity index (χ3v) is 3.72. The molecular weight excluding hydrogens is 379 g/mol. The number of ether oxygens (including phenoxy) is 1. The zero-order valence-corrected chi connectivity index (χ0v) is 13.1. The fourth-order valence-corrected chi connectivity index (χ4v) is 2.60. The lowest BCUT2D eigenvalue weighted by Crippen LogP contribution is -1.94. The van der Waals surface area contributed by atoms with Crippen molar-refractivity contribution in [2.45, 2.75) is 6.92 Å². The van der Waals surface area contributed by atoms with E-state index in [-0.39, 0.29) is 11.6 Å². The highest BCUT2D eigenvalue weighted by molar-refractivity contribution is 9.10. The van der Waals surface area contributed by atoms with Crippen molar-refractivity contribution in [2.75, 3.05) is 0 Å². The highest BCUT2D eigenvalue weighted by atomic mass is 79.9. The molecule has 0 aliphatic carbocycles. The molecule has 0 bridgehead atoms. The molecule has 0 fully saturated rings. The van der Waals surface area contributed by atoms with E-state index in [9.17, 15) is 9.18 Å². The molecule has 0 saturated carbocycles. The molecule has 0 radical (unpaired) electrons. The van der Waals surface area contributed by atoms with Crippen molar-refractivity contribution in [3.05, 3.63) is 56.7 Å². The Morgan fingerprint density at radius 2 is 1.84 bits per heavy atom. The molecule has 0 saturated heterocycles. The Balaban J connectivity index is 2.29. The molecule has 98 valence electrons. The van der Waals surface area contributed by atoms with Gasteiger partial charge in [-0.3, -0.25) is 4.79 Å². The number of ketones is 1. The lowest BCUT2D eigenvalue weighted by atomic mass is 10.1. The van der Waals surface area contributed by atoms with Crippen LogP contribution in [0.4, 0.5) is 4.39 Å². The van der Waals surface area contributed by atoms with Gasteiger partial charge in [0.25, 0.3) is 0 Å². The fourth-order valence-electron chi connectivity index (χ4n) is 1.53. The summed E-state index contributed by atoms with van der Waals surface area (Å²) in [5, 5.41) is 0. The quantitative estimate of drug-likeness (QED) is 0.664. The van der Waals surface area contributed by atoms with Crippen molar-refractivity contribution >= 4 is 37.6 Å². The number of rotatable bonds is 3. The highest BCUT2D eigenvalue weighted by Gasteiger charge is 2.08. The van der Waals surface area contributed by atoms with Crippen LogP contribution in [-0.2, 0) is 0 Å². The Morgan fingerprint density at radius 3 is 2.42 bits per heavy atom. The van der Waals surface area contributed by atoms with E-state index in [1.54, 1.807) is 18.2 Å². The smallest absolute Gasteiger partial charge is 0.160 e. The van der Waals surface area contributed by atoms with Gasteiger partial charge >= 0.3 is 0 Å². The second-order valence-electron chi connectivity index (χ2n) is 3.87. The molecule has 0 spiro atoms. The van der Waals surface area contributed by atoms with Crippen molar-refractivity contribution in [2.24, 2.45) is 0 Å². The molecule has 2 nitrogen and oxygen atoms in total. The van der Waals surface area contributed by atoms with E-state index < -0.39 is 0 Å². The van der Waals surface area contributed by atoms with Crippen molar-refractivity contribution in [1.29, 1.82) is 0 Å². The normalized spacial score (nSPS) is 10.3. The number of halogens is 3. The minimum atomic E-state index is -0.340. The Bertz CT molecular complexity index is 641. The summed E-state index contributed by atoms with van der Waals surface area (Å²) in [4.78, 5) is 11.3. The maximum Gasteiger partial charge on any atom is 0.160 e. The monoisotopic (exact) mass is 386 g/mol. The first kappa shape index (κ1) is 14.2. The number of hydrogen-bond donors (Lipinski definition) is 0. The minimum absolute atomic E-state index is 0.0265. The van der Waals surface area contributed by atoms with Gasteiger partial charge in [0.1, 0.15) is 17.3 Å². The Labute approximate surface area is 126 Å². The first-order valence-electron chi connectivity index (χ1n) is 5.41. The predicted octanol–water partition coefficient (Wildman–Crippen LogP) is 5.35. The van der Waals surface area contributed by atoms with Crippen LogP contribution in [0.1, 0.15) is 17.3 Å². The molecule has 0 heterocycles. The molecule has 2 rings (SSSR count). The zero-order chi connectivity index (χ0) is 14.0. The molecule has 0 aliphatic heterocycles. The summed E-state index contributed by atoms with van der Waals surface area (Å²) >= 11 is 6.55. The predicted molar refractivity (Wildman–Crippen MR) is 78.3 cm³/mol. The van der Waals surface area contributed by atoms with Crippen LogP contribution >= 0.6 is 31.9 Å². The number of benzene rings is 2. The summed E-state index contributed by atoms with van der Waals surface area (Å²) in [7, 11) is 0. The van der Waals surface area contributed by atoms with Crippen molar-refractivity contribution in [3.8, 4) is 11.5 Å². The maximum atomic E-state index is 13.0. The molecule has 0 unspecified atom stereocenters. The summed E-state index contributed by atoms with van der Waals surface area (Å²) < 4.78 is 19.8. The lowest BCUT2D eigenvalue weighted by Gasteiger charge is -2.09. The third-order valence-electron chi connectivity index (χ3n) is 2.44. The molecule has 2 aromatic rings. The third kappa shape index (κ3) is 3.42. The highest BCUT2D eigenvalue weighted by Crippen LogP contribution is 2.32. The van der Waals surface area contributed by atoms with Crippen LogP contribution in [0, 0.1) is 5.82 Å². The average molecular weight is 388 g/mol. The van der Waals surface area contributed by atoms with Gasteiger partial charge in [-0.1, -0.05) is 0 Å². The topological polar surface area (TPSA) is 26.3 Å². The van der Waals surface area contributed by atoms with Gasteiger partial charge in [0, 0.05) is 10.0 Å². The molecule has 0 aliphatic rings. The van der Waals surface area contributed by atoms with E-state index in [4.69, 9.17) is 4.74 Å². The summed E-state index contributed by atoms with van der Waals surface area (Å²) in [5.74, 6) is 0.696. The van der Waals surface area contributed by atoms with Crippen LogP contribution in [0.25, 0.3) is 0 Å². The molecule has 0 amide bonds. The first-order valence-corrected chi connectivity index (χ1v) is 6.99. The number of carbonyl (C=O) groups excluding carboxylic acids is 1. The number of carbonyl (C=O) groups is 1. The van der Waals surface area contributed by atoms with Crippen molar-refractivity contribution < 1.29 is 13.9 Å². The molecule has 0 atom stereocenters. The van der Waals surface area contributed by atoms with E-state index in [0.29, 0.717) is 26.0 Å². The lowest BCUT2D eigenvalue weighted by molar-refractivity contribution is 0.101. The van der Waals surface area contributed by atoms with E-state index >= 15 is 0 Å². The molecule has 0 N–H and O–H groups in total.